The molecule has 1 aromatic rings. The van der Waals surface area contributed by atoms with E-state index in [9.17, 15) is 10.3 Å². The zero-order valence-electron chi connectivity index (χ0n) is 10.6. The average molecular weight is 245 g/mol. The predicted octanol–water partition coefficient (Wildman–Crippen LogP) is 2.66. The van der Waals surface area contributed by atoms with Crippen molar-refractivity contribution in [3.63, 3.8) is 0 Å². The second-order valence-electron chi connectivity index (χ2n) is 4.68. The van der Waals surface area contributed by atoms with E-state index in [1.54, 1.807) is 6.08 Å². The first-order valence-electron chi connectivity index (χ1n) is 6.44. The zero-order valence-corrected chi connectivity index (χ0v) is 10.6. The van der Waals surface area contributed by atoms with Gasteiger partial charge in [-0.05, 0) is 12.5 Å². The van der Waals surface area contributed by atoms with E-state index in [1.165, 1.54) is 6.21 Å². The van der Waals surface area contributed by atoms with Gasteiger partial charge in [-0.1, -0.05) is 49.8 Å². The molecule has 0 aromatic heterocycles. The summed E-state index contributed by atoms with van der Waals surface area (Å²) in [6.45, 7) is 2.04. The Morgan fingerprint density at radius 2 is 2.06 bits per heavy atom. The molecule has 3 atom stereocenters. The first-order chi connectivity index (χ1) is 8.74. The lowest BCUT2D eigenvalue weighted by atomic mass is 9.85. The number of hydroxylamine groups is 1. The molecule has 1 aliphatic rings. The Hall–Kier alpha value is -1.61. The molecule has 18 heavy (non-hydrogen) atoms. The summed E-state index contributed by atoms with van der Waals surface area (Å²) in [6, 6.07) is 9.33. The summed E-state index contributed by atoms with van der Waals surface area (Å²) in [7, 11) is 0. The Balaban J connectivity index is 2.28. The largest absolute Gasteiger partial charge is 0.623 e. The van der Waals surface area contributed by atoms with Gasteiger partial charge < -0.3 is 10.3 Å². The van der Waals surface area contributed by atoms with Gasteiger partial charge in [-0.3, -0.25) is 0 Å². The molecule has 96 valence electrons. The van der Waals surface area contributed by atoms with Gasteiger partial charge in [-0.15, -0.1) is 0 Å². The lowest BCUT2D eigenvalue weighted by molar-refractivity contribution is -0.515. The average Bonchev–Trinajstić information content (AvgIpc) is 2.39. The molecule has 0 fully saturated rings. The highest BCUT2D eigenvalue weighted by atomic mass is 16.5. The van der Waals surface area contributed by atoms with Crippen LogP contribution in [0.2, 0.25) is 0 Å². The van der Waals surface area contributed by atoms with Gasteiger partial charge >= 0.3 is 0 Å². The molecule has 0 radical (unpaired) electrons. The molecule has 0 saturated heterocycles. The van der Waals surface area contributed by atoms with Gasteiger partial charge in [-0.2, -0.15) is 0 Å². The fourth-order valence-electron chi connectivity index (χ4n) is 2.48. The summed E-state index contributed by atoms with van der Waals surface area (Å²) in [5, 5.41) is 22.2. The Morgan fingerprint density at radius 3 is 2.72 bits per heavy atom. The first-order valence-corrected chi connectivity index (χ1v) is 6.44. The van der Waals surface area contributed by atoms with Crippen LogP contribution in [0.3, 0.4) is 0 Å². The lowest BCUT2D eigenvalue weighted by Gasteiger charge is -2.29. The summed E-state index contributed by atoms with van der Waals surface area (Å²) < 4.78 is 0.943. The highest BCUT2D eigenvalue weighted by molar-refractivity contribution is 5.67. The van der Waals surface area contributed by atoms with Crippen LogP contribution in [0.15, 0.2) is 42.5 Å². The van der Waals surface area contributed by atoms with Crippen molar-refractivity contribution in [3.05, 3.63) is 53.3 Å². The number of aliphatic hydroxyl groups is 1. The third-order valence-corrected chi connectivity index (χ3v) is 3.37. The van der Waals surface area contributed by atoms with Gasteiger partial charge in [0.05, 0.1) is 12.0 Å². The summed E-state index contributed by atoms with van der Waals surface area (Å²) in [5.74, 6) is -0.144. The molecule has 1 unspecified atom stereocenters. The van der Waals surface area contributed by atoms with E-state index in [0.29, 0.717) is 6.42 Å². The molecule has 0 bridgehead atoms. The van der Waals surface area contributed by atoms with E-state index in [4.69, 9.17) is 0 Å². The topological polar surface area (TPSA) is 46.3 Å². The molecule has 2 rings (SSSR count). The van der Waals surface area contributed by atoms with Crippen molar-refractivity contribution in [2.24, 2.45) is 5.92 Å². The molecule has 3 nitrogen and oxygen atoms in total. The number of allylic oxidation sites excluding steroid dienone is 1. The number of hydrogen-bond donors (Lipinski definition) is 1. The number of hydrogen-bond acceptors (Lipinski definition) is 2. The van der Waals surface area contributed by atoms with Crippen LogP contribution < -0.4 is 0 Å². The number of rotatable bonds is 4. The molecule has 1 aromatic carbocycles. The smallest absolute Gasteiger partial charge is 0.197 e. The zero-order chi connectivity index (χ0) is 13.0. The van der Waals surface area contributed by atoms with E-state index < -0.39 is 6.10 Å². The van der Waals surface area contributed by atoms with Crippen LogP contribution in [0.5, 0.6) is 0 Å². The molecule has 1 aliphatic heterocycles. The van der Waals surface area contributed by atoms with Crippen LogP contribution in [0.1, 0.15) is 31.4 Å². The molecular weight excluding hydrogens is 226 g/mol. The third kappa shape index (κ3) is 2.62. The van der Waals surface area contributed by atoms with Crippen LogP contribution >= 0.6 is 0 Å². The molecule has 1 N–H and O–H groups in total. The van der Waals surface area contributed by atoms with Crippen LogP contribution in [0.25, 0.3) is 0 Å². The monoisotopic (exact) mass is 245 g/mol. The van der Waals surface area contributed by atoms with Crippen molar-refractivity contribution in [2.75, 3.05) is 0 Å². The standard InChI is InChI=1S/C15H19NO2/c1-2-7-14(17)13-10-6-11-16(18)15(13)12-8-4-3-5-9-12/h3-6,8-11,13-15,17H,2,7H2,1H3/t13-,14?,15-/m0/s1. The molecule has 0 spiro atoms. The fourth-order valence-corrected chi connectivity index (χ4v) is 2.48. The molecule has 0 aliphatic carbocycles. The van der Waals surface area contributed by atoms with Gasteiger partial charge in [0.15, 0.2) is 12.3 Å². The second kappa shape index (κ2) is 5.83. The molecule has 1 heterocycles. The second-order valence-corrected chi connectivity index (χ2v) is 4.68. The summed E-state index contributed by atoms with van der Waals surface area (Å²) in [5.41, 5.74) is 0.952. The van der Waals surface area contributed by atoms with Crippen molar-refractivity contribution >= 4 is 6.21 Å². The maximum atomic E-state index is 12.0. The summed E-state index contributed by atoms with van der Waals surface area (Å²) >= 11 is 0. The van der Waals surface area contributed by atoms with Gasteiger partial charge in [-0.25, -0.2) is 4.74 Å². The van der Waals surface area contributed by atoms with Crippen LogP contribution in [-0.2, 0) is 0 Å². The van der Waals surface area contributed by atoms with E-state index in [2.05, 4.69) is 0 Å². The highest BCUT2D eigenvalue weighted by Gasteiger charge is 2.34. The minimum Gasteiger partial charge on any atom is -0.623 e. The molecule has 0 amide bonds. The first kappa shape index (κ1) is 12.8. The SMILES string of the molecule is CCCC(O)[C@@H]1C=CC=[N+]([O-])[C@H]1c1ccccc1. The quantitative estimate of drug-likeness (QED) is 0.654. The lowest BCUT2D eigenvalue weighted by Crippen LogP contribution is -2.32. The van der Waals surface area contributed by atoms with Gasteiger partial charge in [0.2, 0.25) is 0 Å². The van der Waals surface area contributed by atoms with Crippen LogP contribution in [-0.4, -0.2) is 22.2 Å². The van der Waals surface area contributed by atoms with Crippen molar-refractivity contribution in [1.29, 1.82) is 0 Å². The molecule has 0 saturated carbocycles. The minimum absolute atomic E-state index is 0.144. The molecular formula is C15H19NO2. The predicted molar refractivity (Wildman–Crippen MR) is 72.4 cm³/mol. The van der Waals surface area contributed by atoms with Gasteiger partial charge in [0, 0.05) is 5.56 Å². The van der Waals surface area contributed by atoms with Crippen molar-refractivity contribution < 1.29 is 9.85 Å². The highest BCUT2D eigenvalue weighted by Crippen LogP contribution is 2.32. The summed E-state index contributed by atoms with van der Waals surface area (Å²) in [6.07, 6.45) is 6.35. The summed E-state index contributed by atoms with van der Waals surface area (Å²) in [4.78, 5) is 0. The van der Waals surface area contributed by atoms with Gasteiger partial charge in [0.25, 0.3) is 0 Å². The van der Waals surface area contributed by atoms with Crippen LogP contribution in [0.4, 0.5) is 0 Å². The van der Waals surface area contributed by atoms with E-state index >= 15 is 0 Å². The van der Waals surface area contributed by atoms with Crippen molar-refractivity contribution in [1.82, 2.24) is 0 Å². The maximum Gasteiger partial charge on any atom is 0.197 e. The Kier molecular flexibility index (Phi) is 4.15. The minimum atomic E-state index is -0.471. The number of nitrogens with zero attached hydrogens (tertiary/aromatic N) is 1. The van der Waals surface area contributed by atoms with E-state index in [-0.39, 0.29) is 12.0 Å². The Bertz CT molecular complexity index is 439. The van der Waals surface area contributed by atoms with Crippen molar-refractivity contribution in [3.8, 4) is 0 Å². The number of aliphatic hydroxyl groups excluding tert-OH is 1. The Morgan fingerprint density at radius 1 is 1.33 bits per heavy atom. The van der Waals surface area contributed by atoms with Crippen molar-refractivity contribution in [2.45, 2.75) is 31.9 Å². The molecule has 3 heteroatoms. The van der Waals surface area contributed by atoms with E-state index in [0.717, 1.165) is 16.7 Å². The Labute approximate surface area is 108 Å². The van der Waals surface area contributed by atoms with E-state index in [1.807, 2.05) is 43.3 Å². The fraction of sp³-hybridized carbons (Fsp3) is 0.400. The van der Waals surface area contributed by atoms with Crippen LogP contribution in [0, 0.1) is 11.1 Å². The normalized spacial score (nSPS) is 24.7. The number of benzene rings is 1. The van der Waals surface area contributed by atoms with Gasteiger partial charge in [0.1, 0.15) is 0 Å². The maximum absolute atomic E-state index is 12.0. The third-order valence-electron chi connectivity index (χ3n) is 3.37.